The third kappa shape index (κ3) is 3.24. The molecule has 1 aromatic rings. The Kier molecular flexibility index (Phi) is 4.39. The summed E-state index contributed by atoms with van der Waals surface area (Å²) < 4.78 is 0.986. The Morgan fingerprint density at radius 3 is 2.83 bits per heavy atom. The molecule has 122 valence electrons. The Labute approximate surface area is 142 Å². The second-order valence-electron chi connectivity index (χ2n) is 5.95. The maximum Gasteiger partial charge on any atom is 0.239 e. The minimum atomic E-state index is -0.377. The zero-order valence-corrected chi connectivity index (χ0v) is 14.4. The number of amides is 3. The number of carbonyl (C=O) groups excluding carboxylic acids is 3. The number of piperazine rings is 1. The molecule has 0 aromatic heterocycles. The van der Waals surface area contributed by atoms with Crippen LogP contribution in [0.4, 0.5) is 5.69 Å². The van der Waals surface area contributed by atoms with Gasteiger partial charge in [0.2, 0.25) is 17.7 Å². The lowest BCUT2D eigenvalue weighted by Gasteiger charge is -2.28. The first kappa shape index (κ1) is 16.0. The van der Waals surface area contributed by atoms with Crippen LogP contribution in [0.5, 0.6) is 0 Å². The van der Waals surface area contributed by atoms with E-state index in [4.69, 9.17) is 0 Å². The van der Waals surface area contributed by atoms with Crippen molar-refractivity contribution >= 4 is 39.3 Å². The SMILES string of the molecule is Cc1cc(N2C[C@H](C(=O)N3CCNC(=O)C3)CC2=O)ccc1Br. The van der Waals surface area contributed by atoms with Crippen LogP contribution in [0.3, 0.4) is 0 Å². The van der Waals surface area contributed by atoms with E-state index in [2.05, 4.69) is 21.2 Å². The molecule has 0 saturated carbocycles. The Hall–Kier alpha value is -1.89. The number of halogens is 1. The number of hydrogen-bond acceptors (Lipinski definition) is 3. The number of hydrogen-bond donors (Lipinski definition) is 1. The van der Waals surface area contributed by atoms with Gasteiger partial charge in [0.25, 0.3) is 0 Å². The zero-order chi connectivity index (χ0) is 16.6. The fourth-order valence-electron chi connectivity index (χ4n) is 3.00. The van der Waals surface area contributed by atoms with E-state index in [1.807, 2.05) is 25.1 Å². The fourth-order valence-corrected chi connectivity index (χ4v) is 3.25. The van der Waals surface area contributed by atoms with Gasteiger partial charge in [-0.1, -0.05) is 15.9 Å². The Morgan fingerprint density at radius 1 is 1.35 bits per heavy atom. The van der Waals surface area contributed by atoms with Crippen LogP contribution in [0.1, 0.15) is 12.0 Å². The molecule has 23 heavy (non-hydrogen) atoms. The molecule has 2 aliphatic rings. The van der Waals surface area contributed by atoms with Crippen molar-refractivity contribution in [1.82, 2.24) is 10.2 Å². The highest BCUT2D eigenvalue weighted by atomic mass is 79.9. The van der Waals surface area contributed by atoms with Crippen molar-refractivity contribution in [2.24, 2.45) is 5.92 Å². The van der Waals surface area contributed by atoms with Crippen LogP contribution >= 0.6 is 15.9 Å². The molecule has 1 N–H and O–H groups in total. The molecule has 0 radical (unpaired) electrons. The molecule has 3 amide bonds. The van der Waals surface area contributed by atoms with Gasteiger partial charge in [-0.05, 0) is 30.7 Å². The standard InChI is InChI=1S/C16H18BrN3O3/c1-10-6-12(2-3-13(10)17)20-8-11(7-15(20)22)16(23)19-5-4-18-14(21)9-19/h2-3,6,11H,4-5,7-9H2,1H3,(H,18,21)/t11-/m1/s1. The lowest BCUT2D eigenvalue weighted by molar-refractivity contribution is -0.141. The van der Waals surface area contributed by atoms with Gasteiger partial charge in [-0.2, -0.15) is 0 Å². The quantitative estimate of drug-likeness (QED) is 0.835. The Morgan fingerprint density at radius 2 is 2.13 bits per heavy atom. The summed E-state index contributed by atoms with van der Waals surface area (Å²) in [7, 11) is 0. The Bertz CT molecular complexity index is 677. The number of nitrogens with zero attached hydrogens (tertiary/aromatic N) is 2. The average Bonchev–Trinajstić information content (AvgIpc) is 2.91. The number of carbonyl (C=O) groups is 3. The summed E-state index contributed by atoms with van der Waals surface area (Å²) in [6.45, 7) is 3.40. The number of rotatable bonds is 2. The predicted molar refractivity (Wildman–Crippen MR) is 88.9 cm³/mol. The topological polar surface area (TPSA) is 69.7 Å². The van der Waals surface area contributed by atoms with E-state index in [-0.39, 0.29) is 36.6 Å². The monoisotopic (exact) mass is 379 g/mol. The molecule has 2 aliphatic heterocycles. The van der Waals surface area contributed by atoms with Crippen molar-refractivity contribution in [3.05, 3.63) is 28.2 Å². The molecule has 2 fully saturated rings. The maximum atomic E-state index is 12.5. The molecule has 0 aliphatic carbocycles. The highest BCUT2D eigenvalue weighted by Gasteiger charge is 2.38. The van der Waals surface area contributed by atoms with Crippen molar-refractivity contribution < 1.29 is 14.4 Å². The lowest BCUT2D eigenvalue weighted by atomic mass is 10.1. The van der Waals surface area contributed by atoms with Gasteiger partial charge in [-0.3, -0.25) is 14.4 Å². The average molecular weight is 380 g/mol. The molecular formula is C16H18BrN3O3. The minimum absolute atomic E-state index is 0.0495. The van der Waals surface area contributed by atoms with Gasteiger partial charge in [0.15, 0.2) is 0 Å². The summed E-state index contributed by atoms with van der Waals surface area (Å²) in [6.07, 6.45) is 0.200. The summed E-state index contributed by atoms with van der Waals surface area (Å²) >= 11 is 3.44. The minimum Gasteiger partial charge on any atom is -0.353 e. The van der Waals surface area contributed by atoms with Crippen LogP contribution < -0.4 is 10.2 Å². The van der Waals surface area contributed by atoms with Gasteiger partial charge in [0.1, 0.15) is 0 Å². The number of nitrogens with one attached hydrogen (secondary N) is 1. The highest BCUT2D eigenvalue weighted by Crippen LogP contribution is 2.29. The first-order chi connectivity index (χ1) is 11.0. The molecule has 0 spiro atoms. The normalized spacial score (nSPS) is 21.6. The first-order valence-electron chi connectivity index (χ1n) is 7.57. The van der Waals surface area contributed by atoms with E-state index in [9.17, 15) is 14.4 Å². The fraction of sp³-hybridized carbons (Fsp3) is 0.438. The molecule has 2 heterocycles. The third-order valence-corrected chi connectivity index (χ3v) is 5.17. The van der Waals surface area contributed by atoms with Crippen LogP contribution in [-0.4, -0.2) is 48.8 Å². The van der Waals surface area contributed by atoms with Crippen LogP contribution in [0.2, 0.25) is 0 Å². The molecular weight excluding hydrogens is 362 g/mol. The summed E-state index contributed by atoms with van der Waals surface area (Å²) in [5, 5.41) is 2.70. The van der Waals surface area contributed by atoms with Crippen molar-refractivity contribution in [2.45, 2.75) is 13.3 Å². The number of anilines is 1. The highest BCUT2D eigenvalue weighted by molar-refractivity contribution is 9.10. The summed E-state index contributed by atoms with van der Waals surface area (Å²) in [5.41, 5.74) is 1.85. The molecule has 2 saturated heterocycles. The van der Waals surface area contributed by atoms with Crippen LogP contribution in [0.25, 0.3) is 0 Å². The zero-order valence-electron chi connectivity index (χ0n) is 12.8. The Balaban J connectivity index is 1.72. The van der Waals surface area contributed by atoms with Crippen LogP contribution in [0.15, 0.2) is 22.7 Å². The maximum absolute atomic E-state index is 12.5. The van der Waals surface area contributed by atoms with Gasteiger partial charge < -0.3 is 15.1 Å². The lowest BCUT2D eigenvalue weighted by Crippen LogP contribution is -2.51. The number of aryl methyl sites for hydroxylation is 1. The van der Waals surface area contributed by atoms with E-state index in [0.717, 1.165) is 15.7 Å². The third-order valence-electron chi connectivity index (χ3n) is 4.28. The molecule has 1 aromatic carbocycles. The van der Waals surface area contributed by atoms with E-state index < -0.39 is 0 Å². The van der Waals surface area contributed by atoms with Crippen molar-refractivity contribution in [2.75, 3.05) is 31.1 Å². The predicted octanol–water partition coefficient (Wildman–Crippen LogP) is 1.07. The van der Waals surface area contributed by atoms with E-state index >= 15 is 0 Å². The molecule has 0 unspecified atom stereocenters. The molecule has 3 rings (SSSR count). The summed E-state index contributed by atoms with van der Waals surface area (Å²) in [5.74, 6) is -0.678. The summed E-state index contributed by atoms with van der Waals surface area (Å²) in [4.78, 5) is 39.5. The molecule has 0 bridgehead atoms. The summed E-state index contributed by atoms with van der Waals surface area (Å²) in [6, 6.07) is 5.71. The van der Waals surface area contributed by atoms with Gasteiger partial charge in [0, 0.05) is 36.2 Å². The second kappa shape index (κ2) is 6.31. The van der Waals surface area contributed by atoms with Crippen LogP contribution in [0, 0.1) is 12.8 Å². The van der Waals surface area contributed by atoms with E-state index in [1.54, 1.807) is 9.80 Å². The van der Waals surface area contributed by atoms with Crippen molar-refractivity contribution in [3.8, 4) is 0 Å². The van der Waals surface area contributed by atoms with E-state index in [0.29, 0.717) is 19.6 Å². The van der Waals surface area contributed by atoms with Gasteiger partial charge in [-0.15, -0.1) is 0 Å². The van der Waals surface area contributed by atoms with Gasteiger partial charge in [0.05, 0.1) is 12.5 Å². The second-order valence-corrected chi connectivity index (χ2v) is 6.80. The van der Waals surface area contributed by atoms with Gasteiger partial charge in [-0.25, -0.2) is 0 Å². The van der Waals surface area contributed by atoms with Gasteiger partial charge >= 0.3 is 0 Å². The molecule has 1 atom stereocenters. The number of benzene rings is 1. The molecule has 6 nitrogen and oxygen atoms in total. The molecule has 7 heteroatoms. The first-order valence-corrected chi connectivity index (χ1v) is 8.37. The smallest absolute Gasteiger partial charge is 0.239 e. The van der Waals surface area contributed by atoms with Crippen LogP contribution in [-0.2, 0) is 14.4 Å². The van der Waals surface area contributed by atoms with Crippen molar-refractivity contribution in [3.63, 3.8) is 0 Å². The largest absolute Gasteiger partial charge is 0.353 e. The van der Waals surface area contributed by atoms with E-state index in [1.165, 1.54) is 0 Å². The van der Waals surface area contributed by atoms with Crippen molar-refractivity contribution in [1.29, 1.82) is 0 Å².